The molecule has 1 saturated heterocycles. The number of nitrogens with zero attached hydrogens (tertiary/aromatic N) is 2. The lowest BCUT2D eigenvalue weighted by Gasteiger charge is -2.34. The minimum absolute atomic E-state index is 0.112. The maximum Gasteiger partial charge on any atom is 0.289 e. The van der Waals surface area contributed by atoms with E-state index in [1.165, 1.54) is 6.26 Å². The van der Waals surface area contributed by atoms with Gasteiger partial charge in [0.15, 0.2) is 5.76 Å². The summed E-state index contributed by atoms with van der Waals surface area (Å²) >= 11 is 0. The molecule has 0 unspecified atom stereocenters. The van der Waals surface area contributed by atoms with Crippen molar-refractivity contribution in [1.29, 1.82) is 0 Å². The molecular formula is C20H24N2O4. The minimum Gasteiger partial charge on any atom is -0.494 e. The van der Waals surface area contributed by atoms with E-state index < -0.39 is 0 Å². The van der Waals surface area contributed by atoms with Crippen LogP contribution in [0.25, 0.3) is 0 Å². The molecule has 1 fully saturated rings. The van der Waals surface area contributed by atoms with Gasteiger partial charge in [-0.1, -0.05) is 18.2 Å². The van der Waals surface area contributed by atoms with Crippen LogP contribution in [0.1, 0.15) is 29.5 Å². The van der Waals surface area contributed by atoms with Crippen molar-refractivity contribution >= 4 is 11.8 Å². The minimum atomic E-state index is -0.118. The van der Waals surface area contributed by atoms with E-state index in [0.717, 1.165) is 11.3 Å². The summed E-state index contributed by atoms with van der Waals surface area (Å²) in [5, 5.41) is 0. The molecule has 0 atom stereocenters. The van der Waals surface area contributed by atoms with Crippen LogP contribution < -0.4 is 4.74 Å². The van der Waals surface area contributed by atoms with Gasteiger partial charge in [0.1, 0.15) is 5.75 Å². The summed E-state index contributed by atoms with van der Waals surface area (Å²) < 4.78 is 10.8. The summed E-state index contributed by atoms with van der Waals surface area (Å²) in [6, 6.07) is 11.2. The van der Waals surface area contributed by atoms with Crippen LogP contribution >= 0.6 is 0 Å². The Morgan fingerprint density at radius 1 is 1.04 bits per heavy atom. The van der Waals surface area contributed by atoms with E-state index in [1.54, 1.807) is 17.0 Å². The lowest BCUT2D eigenvalue weighted by molar-refractivity contribution is -0.132. The average molecular weight is 356 g/mol. The lowest BCUT2D eigenvalue weighted by atomic mass is 10.1. The molecule has 0 radical (unpaired) electrons. The van der Waals surface area contributed by atoms with Crippen molar-refractivity contribution in [2.24, 2.45) is 0 Å². The van der Waals surface area contributed by atoms with Gasteiger partial charge in [-0.2, -0.15) is 0 Å². The zero-order valence-electron chi connectivity index (χ0n) is 15.0. The number of amides is 2. The Morgan fingerprint density at radius 2 is 1.77 bits per heavy atom. The summed E-state index contributed by atoms with van der Waals surface area (Å²) in [6.45, 7) is 4.72. The van der Waals surface area contributed by atoms with E-state index in [2.05, 4.69) is 0 Å². The van der Waals surface area contributed by atoms with E-state index in [4.69, 9.17) is 9.15 Å². The summed E-state index contributed by atoms with van der Waals surface area (Å²) in [7, 11) is 0. The van der Waals surface area contributed by atoms with Crippen molar-refractivity contribution < 1.29 is 18.7 Å². The van der Waals surface area contributed by atoms with E-state index in [9.17, 15) is 9.59 Å². The molecule has 0 aliphatic carbocycles. The van der Waals surface area contributed by atoms with E-state index >= 15 is 0 Å². The highest BCUT2D eigenvalue weighted by Gasteiger charge is 2.25. The fourth-order valence-corrected chi connectivity index (χ4v) is 3.12. The summed E-state index contributed by atoms with van der Waals surface area (Å²) in [5.41, 5.74) is 1.05. The first-order valence-electron chi connectivity index (χ1n) is 9.00. The number of ether oxygens (including phenoxy) is 1. The number of carbonyl (C=O) groups is 2. The van der Waals surface area contributed by atoms with Crippen LogP contribution in [0, 0.1) is 0 Å². The zero-order chi connectivity index (χ0) is 18.4. The van der Waals surface area contributed by atoms with Gasteiger partial charge in [0.05, 0.1) is 12.9 Å². The second kappa shape index (κ2) is 8.56. The molecule has 2 heterocycles. The van der Waals surface area contributed by atoms with Gasteiger partial charge in [0.25, 0.3) is 5.91 Å². The fraction of sp³-hybridized carbons (Fsp3) is 0.400. The third kappa shape index (κ3) is 4.25. The molecule has 1 aromatic carbocycles. The average Bonchev–Trinajstić information content (AvgIpc) is 3.21. The number of hydrogen-bond acceptors (Lipinski definition) is 4. The molecule has 0 saturated carbocycles. The van der Waals surface area contributed by atoms with Gasteiger partial charge in [-0.05, 0) is 37.1 Å². The highest BCUT2D eigenvalue weighted by atomic mass is 16.5. The summed E-state index contributed by atoms with van der Waals surface area (Å²) in [5.74, 6) is 1.18. The first-order valence-corrected chi connectivity index (χ1v) is 9.00. The van der Waals surface area contributed by atoms with Gasteiger partial charge in [-0.15, -0.1) is 0 Å². The number of piperazine rings is 1. The molecule has 6 nitrogen and oxygen atoms in total. The second-order valence-electron chi connectivity index (χ2n) is 6.19. The standard InChI is InChI=1S/C20H24N2O4/c1-2-25-17-7-4-3-6-16(17)9-10-19(23)21-11-13-22(14-12-21)20(24)18-8-5-15-26-18/h3-8,15H,2,9-14H2,1H3. The van der Waals surface area contributed by atoms with Gasteiger partial charge >= 0.3 is 0 Å². The number of rotatable bonds is 6. The van der Waals surface area contributed by atoms with Crippen molar-refractivity contribution in [2.45, 2.75) is 19.8 Å². The normalized spacial score (nSPS) is 14.3. The molecule has 1 aliphatic heterocycles. The number of hydrogen-bond donors (Lipinski definition) is 0. The number of aryl methyl sites for hydroxylation is 1. The molecule has 2 amide bonds. The molecular weight excluding hydrogens is 332 g/mol. The summed E-state index contributed by atoms with van der Waals surface area (Å²) in [6.07, 6.45) is 2.59. The fourth-order valence-electron chi connectivity index (χ4n) is 3.12. The summed E-state index contributed by atoms with van der Waals surface area (Å²) in [4.78, 5) is 28.3. The number of para-hydroxylation sites is 1. The monoisotopic (exact) mass is 356 g/mol. The van der Waals surface area contributed by atoms with Crippen LogP contribution in [0.5, 0.6) is 5.75 Å². The van der Waals surface area contributed by atoms with E-state index in [-0.39, 0.29) is 11.8 Å². The van der Waals surface area contributed by atoms with Gasteiger partial charge in [-0.3, -0.25) is 9.59 Å². The van der Waals surface area contributed by atoms with Crippen molar-refractivity contribution in [3.05, 3.63) is 54.0 Å². The maximum absolute atomic E-state index is 12.5. The quantitative estimate of drug-likeness (QED) is 0.798. The Kier molecular flexibility index (Phi) is 5.94. The zero-order valence-corrected chi connectivity index (χ0v) is 15.0. The second-order valence-corrected chi connectivity index (χ2v) is 6.19. The van der Waals surface area contributed by atoms with Gasteiger partial charge < -0.3 is 19.0 Å². The molecule has 26 heavy (non-hydrogen) atoms. The molecule has 0 bridgehead atoms. The first kappa shape index (κ1) is 18.0. The molecule has 1 aliphatic rings. The van der Waals surface area contributed by atoms with Crippen LogP contribution in [0.4, 0.5) is 0 Å². The predicted molar refractivity (Wildman–Crippen MR) is 97.1 cm³/mol. The van der Waals surface area contributed by atoms with Crippen LogP contribution in [0.2, 0.25) is 0 Å². The predicted octanol–water partition coefficient (Wildman–Crippen LogP) is 2.60. The van der Waals surface area contributed by atoms with Crippen molar-refractivity contribution in [1.82, 2.24) is 9.80 Å². The Hall–Kier alpha value is -2.76. The third-order valence-electron chi connectivity index (χ3n) is 4.53. The number of benzene rings is 1. The third-order valence-corrected chi connectivity index (χ3v) is 4.53. The molecule has 2 aromatic rings. The Bertz CT molecular complexity index is 734. The molecule has 6 heteroatoms. The molecule has 0 N–H and O–H groups in total. The lowest BCUT2D eigenvalue weighted by Crippen LogP contribution is -2.50. The molecule has 3 rings (SSSR count). The van der Waals surface area contributed by atoms with Gasteiger partial charge in [-0.25, -0.2) is 0 Å². The first-order chi connectivity index (χ1) is 12.7. The highest BCUT2D eigenvalue weighted by molar-refractivity contribution is 5.91. The van der Waals surface area contributed by atoms with Crippen LogP contribution in [0.3, 0.4) is 0 Å². The van der Waals surface area contributed by atoms with Crippen molar-refractivity contribution in [3.8, 4) is 5.75 Å². The Balaban J connectivity index is 1.49. The number of furan rings is 1. The SMILES string of the molecule is CCOc1ccccc1CCC(=O)N1CCN(C(=O)c2ccco2)CC1. The van der Waals surface area contributed by atoms with Gasteiger partial charge in [0.2, 0.25) is 5.91 Å². The van der Waals surface area contributed by atoms with Crippen LogP contribution in [-0.2, 0) is 11.2 Å². The highest BCUT2D eigenvalue weighted by Crippen LogP contribution is 2.20. The topological polar surface area (TPSA) is 63.0 Å². The molecule has 0 spiro atoms. The number of carbonyl (C=O) groups excluding carboxylic acids is 2. The Labute approximate surface area is 153 Å². The molecule has 1 aromatic heterocycles. The van der Waals surface area contributed by atoms with E-state index in [0.29, 0.717) is 51.4 Å². The van der Waals surface area contributed by atoms with E-state index in [1.807, 2.05) is 36.1 Å². The van der Waals surface area contributed by atoms with Crippen molar-refractivity contribution in [2.75, 3.05) is 32.8 Å². The Morgan fingerprint density at radius 3 is 2.46 bits per heavy atom. The maximum atomic E-state index is 12.5. The van der Waals surface area contributed by atoms with Crippen molar-refractivity contribution in [3.63, 3.8) is 0 Å². The largest absolute Gasteiger partial charge is 0.494 e. The smallest absolute Gasteiger partial charge is 0.289 e. The van der Waals surface area contributed by atoms with Crippen LogP contribution in [-0.4, -0.2) is 54.4 Å². The van der Waals surface area contributed by atoms with Crippen LogP contribution in [0.15, 0.2) is 47.1 Å². The molecule has 138 valence electrons. The van der Waals surface area contributed by atoms with Gasteiger partial charge in [0, 0.05) is 32.6 Å².